The van der Waals surface area contributed by atoms with Crippen LogP contribution in [0.3, 0.4) is 0 Å². The highest BCUT2D eigenvalue weighted by atomic mass is 35.5. The molecule has 1 unspecified atom stereocenters. The first-order chi connectivity index (χ1) is 16.7. The summed E-state index contributed by atoms with van der Waals surface area (Å²) < 4.78 is 48.3. The number of imidazole rings is 1. The first kappa shape index (κ1) is 24.7. The van der Waals surface area contributed by atoms with E-state index in [1.54, 1.807) is 30.3 Å². The van der Waals surface area contributed by atoms with Crippen molar-refractivity contribution < 1.29 is 27.4 Å². The molecule has 1 aliphatic rings. The molecule has 0 fully saturated rings. The van der Waals surface area contributed by atoms with Crippen molar-refractivity contribution in [2.45, 2.75) is 37.3 Å². The molecule has 8 nitrogen and oxygen atoms in total. The van der Waals surface area contributed by atoms with Gasteiger partial charge in [-0.25, -0.2) is 9.37 Å². The van der Waals surface area contributed by atoms with E-state index in [9.17, 15) is 17.6 Å². The number of carboxylic acids is 1. The van der Waals surface area contributed by atoms with Gasteiger partial charge in [-0.05, 0) is 42.3 Å². The van der Waals surface area contributed by atoms with Crippen molar-refractivity contribution in [2.24, 2.45) is 0 Å². The average molecular weight is 520 g/mol. The highest BCUT2D eigenvalue weighted by Crippen LogP contribution is 2.39. The minimum Gasteiger partial charge on any atom is -0.486 e. The molecule has 0 radical (unpaired) electrons. The lowest BCUT2D eigenvalue weighted by Crippen LogP contribution is -2.43. The summed E-state index contributed by atoms with van der Waals surface area (Å²) in [7, 11) is -4.05. The number of halogens is 2. The zero-order chi connectivity index (χ0) is 25.2. The average Bonchev–Trinajstić information content (AvgIpc) is 3.32. The van der Waals surface area contributed by atoms with Gasteiger partial charge in [0.05, 0.1) is 23.5 Å². The fraction of sp³-hybridized carbons (Fsp3) is 0.250. The molecule has 2 heterocycles. The molecule has 0 saturated heterocycles. The van der Waals surface area contributed by atoms with Crippen molar-refractivity contribution in [1.82, 2.24) is 9.97 Å². The number of nitrogens with one attached hydrogen (secondary N) is 1. The number of rotatable bonds is 8. The largest absolute Gasteiger partial charge is 0.486 e. The second-order valence-electron chi connectivity index (χ2n) is 7.95. The molecule has 0 spiro atoms. The quantitative estimate of drug-likeness (QED) is 0.415. The van der Waals surface area contributed by atoms with Crippen LogP contribution in [-0.4, -0.2) is 42.1 Å². The molecule has 184 valence electrons. The molecule has 1 aliphatic heterocycles. The lowest BCUT2D eigenvalue weighted by Gasteiger charge is -2.35. The number of fused-ring (bicyclic) bond motifs is 1. The Balaban J connectivity index is 1.73. The summed E-state index contributed by atoms with van der Waals surface area (Å²) in [6.07, 6.45) is 4.25. The molecule has 3 aromatic rings. The van der Waals surface area contributed by atoms with E-state index >= 15 is 0 Å². The third-order valence-corrected chi connectivity index (χ3v) is 7.56. The smallest absolute Gasteiger partial charge is 0.303 e. The van der Waals surface area contributed by atoms with Gasteiger partial charge in [0.15, 0.2) is 5.03 Å². The summed E-state index contributed by atoms with van der Waals surface area (Å²) in [5, 5.41) is 9.24. The fourth-order valence-electron chi connectivity index (χ4n) is 3.72. The minimum absolute atomic E-state index is 0.0710. The molecule has 2 N–H and O–H groups in total. The van der Waals surface area contributed by atoms with Crippen LogP contribution in [0.4, 0.5) is 10.1 Å². The monoisotopic (exact) mass is 519 g/mol. The first-order valence-corrected chi connectivity index (χ1v) is 12.7. The zero-order valence-electron chi connectivity index (χ0n) is 18.7. The Bertz CT molecular complexity index is 1370. The lowest BCUT2D eigenvalue weighted by atomic mass is 10.1. The number of sulfonamides is 1. The van der Waals surface area contributed by atoms with Crippen LogP contribution in [0.5, 0.6) is 5.75 Å². The topological polar surface area (TPSA) is 113 Å². The van der Waals surface area contributed by atoms with E-state index < -0.39 is 27.9 Å². The summed E-state index contributed by atoms with van der Waals surface area (Å²) in [5.74, 6) is -0.654. The second kappa shape index (κ2) is 10.1. The van der Waals surface area contributed by atoms with E-state index in [0.717, 1.165) is 0 Å². The van der Waals surface area contributed by atoms with Gasteiger partial charge in [-0.1, -0.05) is 36.7 Å². The highest BCUT2D eigenvalue weighted by molar-refractivity contribution is 7.92. The van der Waals surface area contributed by atoms with Gasteiger partial charge in [0.2, 0.25) is 0 Å². The van der Waals surface area contributed by atoms with Crippen molar-refractivity contribution in [3.63, 3.8) is 0 Å². The van der Waals surface area contributed by atoms with Gasteiger partial charge >= 0.3 is 5.97 Å². The van der Waals surface area contributed by atoms with Crippen molar-refractivity contribution in [1.29, 1.82) is 0 Å². The number of aliphatic carboxylic acids is 1. The normalized spacial score (nSPS) is 15.7. The summed E-state index contributed by atoms with van der Waals surface area (Å²) in [4.78, 5) is 18.0. The summed E-state index contributed by atoms with van der Waals surface area (Å²) in [5.41, 5.74) is 1.09. The summed E-state index contributed by atoms with van der Waals surface area (Å²) >= 11 is 6.09. The van der Waals surface area contributed by atoms with Gasteiger partial charge in [0.25, 0.3) is 10.0 Å². The van der Waals surface area contributed by atoms with Crippen LogP contribution in [0, 0.1) is 5.82 Å². The molecule has 0 aliphatic carbocycles. The number of anilines is 1. The van der Waals surface area contributed by atoms with E-state index in [1.807, 2.05) is 6.92 Å². The van der Waals surface area contributed by atoms with Crippen LogP contribution < -0.4 is 9.04 Å². The summed E-state index contributed by atoms with van der Waals surface area (Å²) in [6.45, 7) is 1.77. The zero-order valence-corrected chi connectivity index (χ0v) is 20.3. The number of aromatic nitrogens is 2. The number of carboxylic acid groups (broad SMARTS) is 1. The molecule has 4 rings (SSSR count). The number of hydrogen-bond acceptors (Lipinski definition) is 5. The van der Waals surface area contributed by atoms with E-state index in [1.165, 1.54) is 28.7 Å². The Morgan fingerprint density at radius 3 is 2.83 bits per heavy atom. The molecular weight excluding hydrogens is 497 g/mol. The standard InChI is InChI=1S/C24H23ClFN3O5S/c1-2-22-27-13-23(28-22)35(32,33)29-14-16(8-11-24(30)31)34-21-10-7-15(12-20(21)29)6-9-17-18(25)4-3-5-19(17)26/h3-7,9-10,12-13,16H,2,8,11,14H2,1H3,(H,27,28)(H,30,31). The van der Waals surface area contributed by atoms with Crippen LogP contribution >= 0.6 is 11.6 Å². The van der Waals surface area contributed by atoms with Crippen molar-refractivity contribution in [3.05, 3.63) is 70.4 Å². The molecule has 2 aromatic carbocycles. The van der Waals surface area contributed by atoms with E-state index in [2.05, 4.69) is 9.97 Å². The first-order valence-electron chi connectivity index (χ1n) is 10.9. The maximum Gasteiger partial charge on any atom is 0.303 e. The number of aryl methyl sites for hydroxylation is 1. The molecule has 0 amide bonds. The van der Waals surface area contributed by atoms with Crippen molar-refractivity contribution >= 4 is 45.4 Å². The van der Waals surface area contributed by atoms with Crippen molar-refractivity contribution in [3.8, 4) is 5.75 Å². The molecular formula is C24H23ClFN3O5S. The number of ether oxygens (including phenoxy) is 1. The third-order valence-electron chi connectivity index (χ3n) is 5.55. The van der Waals surface area contributed by atoms with E-state index in [0.29, 0.717) is 23.6 Å². The van der Waals surface area contributed by atoms with Crippen LogP contribution in [0.2, 0.25) is 5.02 Å². The maximum absolute atomic E-state index is 14.1. The number of H-pyrrole nitrogens is 1. The Morgan fingerprint density at radius 2 is 2.14 bits per heavy atom. The molecule has 11 heteroatoms. The number of aromatic amines is 1. The van der Waals surface area contributed by atoms with Crippen LogP contribution in [0.25, 0.3) is 12.2 Å². The van der Waals surface area contributed by atoms with Crippen LogP contribution in [0.1, 0.15) is 36.7 Å². The number of carbonyl (C=O) groups is 1. The van der Waals surface area contributed by atoms with E-state index in [-0.39, 0.29) is 40.7 Å². The number of nitrogens with zero attached hydrogens (tertiary/aromatic N) is 2. The predicted molar refractivity (Wildman–Crippen MR) is 131 cm³/mol. The molecule has 35 heavy (non-hydrogen) atoms. The van der Waals surface area contributed by atoms with Gasteiger partial charge in [0.1, 0.15) is 23.5 Å². The van der Waals surface area contributed by atoms with Gasteiger partial charge in [-0.15, -0.1) is 0 Å². The minimum atomic E-state index is -4.05. The number of hydrogen-bond donors (Lipinski definition) is 2. The predicted octanol–water partition coefficient (Wildman–Crippen LogP) is 4.76. The molecule has 0 bridgehead atoms. The molecule has 0 saturated carbocycles. The number of benzene rings is 2. The fourth-order valence-corrected chi connectivity index (χ4v) is 5.38. The lowest BCUT2D eigenvalue weighted by molar-refractivity contribution is -0.137. The van der Waals surface area contributed by atoms with Gasteiger partial charge in [-0.3, -0.25) is 9.10 Å². The van der Waals surface area contributed by atoms with Crippen molar-refractivity contribution in [2.75, 3.05) is 10.8 Å². The Labute approximate surface area is 207 Å². The highest BCUT2D eigenvalue weighted by Gasteiger charge is 2.35. The molecule has 1 atom stereocenters. The van der Waals surface area contributed by atoms with Gasteiger partial charge < -0.3 is 14.8 Å². The molecule has 1 aromatic heterocycles. The Morgan fingerprint density at radius 1 is 1.34 bits per heavy atom. The maximum atomic E-state index is 14.1. The SMILES string of the molecule is CCc1ncc(S(=O)(=O)N2CC(CCC(=O)O)Oc3ccc(C=Cc4c(F)cccc4Cl)cc32)[nH]1. The second-order valence-corrected chi connectivity index (χ2v) is 10.2. The van der Waals surface area contributed by atoms with Crippen LogP contribution in [0.15, 0.2) is 47.6 Å². The summed E-state index contributed by atoms with van der Waals surface area (Å²) in [6, 6.07) is 9.30. The third kappa shape index (κ3) is 5.33. The van der Waals surface area contributed by atoms with Gasteiger partial charge in [0, 0.05) is 18.4 Å². The van der Waals surface area contributed by atoms with E-state index in [4.69, 9.17) is 21.4 Å². The Kier molecular flexibility index (Phi) is 7.13. The Hall–Kier alpha value is -3.37. The van der Waals surface area contributed by atoms with Crippen LogP contribution in [-0.2, 0) is 21.2 Å². The van der Waals surface area contributed by atoms with Gasteiger partial charge in [-0.2, -0.15) is 8.42 Å².